The summed E-state index contributed by atoms with van der Waals surface area (Å²) in [6.45, 7) is 2.10. The van der Waals surface area contributed by atoms with Crippen molar-refractivity contribution in [1.29, 1.82) is 0 Å². The van der Waals surface area contributed by atoms with Crippen molar-refractivity contribution in [2.45, 2.75) is 25.9 Å². The van der Waals surface area contributed by atoms with E-state index in [4.69, 9.17) is 0 Å². The van der Waals surface area contributed by atoms with Crippen molar-refractivity contribution in [2.75, 3.05) is 0 Å². The van der Waals surface area contributed by atoms with Crippen LogP contribution in [0.2, 0.25) is 0 Å². The van der Waals surface area contributed by atoms with Gasteiger partial charge in [-0.3, -0.25) is 4.98 Å². The Kier molecular flexibility index (Phi) is 3.88. The fraction of sp³-hybridized carbons (Fsp3) is 0.267. The maximum Gasteiger partial charge on any atom is 0.417 e. The van der Waals surface area contributed by atoms with E-state index in [2.05, 4.69) is 11.9 Å². The van der Waals surface area contributed by atoms with Crippen LogP contribution in [0.5, 0.6) is 0 Å². The quantitative estimate of drug-likeness (QED) is 0.782. The first-order valence-electron chi connectivity index (χ1n) is 6.13. The Morgan fingerprint density at radius 3 is 2.16 bits per heavy atom. The molecule has 0 radical (unpaired) electrons. The number of aromatic nitrogens is 1. The minimum Gasteiger partial charge on any atom is -0.256 e. The van der Waals surface area contributed by atoms with E-state index >= 15 is 0 Å². The van der Waals surface area contributed by atoms with Gasteiger partial charge in [0.15, 0.2) is 0 Å². The Balaban J connectivity index is 2.22. The monoisotopic (exact) mass is 265 g/mol. The van der Waals surface area contributed by atoms with Gasteiger partial charge in [-0.15, -0.1) is 0 Å². The predicted octanol–water partition coefficient (Wildman–Crippen LogP) is 4.72. The maximum absolute atomic E-state index is 12.4. The topological polar surface area (TPSA) is 12.9 Å². The molecule has 1 nitrogen and oxygen atoms in total. The first kappa shape index (κ1) is 13.6. The zero-order valence-electron chi connectivity index (χ0n) is 10.5. The van der Waals surface area contributed by atoms with Gasteiger partial charge < -0.3 is 0 Å². The smallest absolute Gasteiger partial charge is 0.256 e. The fourth-order valence-corrected chi connectivity index (χ4v) is 1.86. The molecule has 2 aromatic rings. The molecule has 0 saturated heterocycles. The molecule has 0 amide bonds. The molecule has 0 aliphatic carbocycles. The molecule has 0 aliphatic rings. The summed E-state index contributed by atoms with van der Waals surface area (Å²) < 4.78 is 37.3. The maximum atomic E-state index is 12.4. The second-order valence-corrected chi connectivity index (χ2v) is 4.38. The number of aryl methyl sites for hydroxylation is 1. The summed E-state index contributed by atoms with van der Waals surface area (Å²) in [5.74, 6) is 0. The van der Waals surface area contributed by atoms with Crippen molar-refractivity contribution in [3.8, 4) is 11.3 Å². The number of nitrogens with zero attached hydrogens (tertiary/aromatic N) is 1. The molecule has 0 saturated carbocycles. The van der Waals surface area contributed by atoms with E-state index in [-0.39, 0.29) is 0 Å². The van der Waals surface area contributed by atoms with Gasteiger partial charge in [-0.2, -0.15) is 13.2 Å². The van der Waals surface area contributed by atoms with Gasteiger partial charge in [0.05, 0.1) is 11.3 Å². The molecule has 0 bridgehead atoms. The lowest BCUT2D eigenvalue weighted by molar-refractivity contribution is -0.137. The molecule has 100 valence electrons. The molecule has 2 rings (SSSR count). The minimum atomic E-state index is -4.34. The van der Waals surface area contributed by atoms with Gasteiger partial charge in [0.1, 0.15) is 0 Å². The van der Waals surface area contributed by atoms with Crippen molar-refractivity contribution in [2.24, 2.45) is 0 Å². The summed E-state index contributed by atoms with van der Waals surface area (Å²) in [5, 5.41) is 0. The molecule has 0 fully saturated rings. The van der Waals surface area contributed by atoms with Crippen LogP contribution >= 0.6 is 0 Å². The second kappa shape index (κ2) is 5.43. The van der Waals surface area contributed by atoms with Crippen LogP contribution in [0.3, 0.4) is 0 Å². The Labute approximate surface area is 110 Å². The van der Waals surface area contributed by atoms with Crippen molar-refractivity contribution >= 4 is 0 Å². The molecule has 1 aromatic carbocycles. The highest BCUT2D eigenvalue weighted by Crippen LogP contribution is 2.29. The second-order valence-electron chi connectivity index (χ2n) is 4.38. The first-order valence-corrected chi connectivity index (χ1v) is 6.13. The zero-order valence-corrected chi connectivity index (χ0v) is 10.5. The predicted molar refractivity (Wildman–Crippen MR) is 68.7 cm³/mol. The van der Waals surface area contributed by atoms with E-state index in [1.54, 1.807) is 0 Å². The van der Waals surface area contributed by atoms with Crippen molar-refractivity contribution in [1.82, 2.24) is 4.98 Å². The SMILES string of the molecule is CCCc1ccc(-c2ccc(C(F)(F)F)cn2)cc1. The third kappa shape index (κ3) is 3.34. The number of hydrogen-bond donors (Lipinski definition) is 0. The van der Waals surface area contributed by atoms with Gasteiger partial charge in [0, 0.05) is 11.8 Å². The summed E-state index contributed by atoms with van der Waals surface area (Å²) in [6, 6.07) is 10.2. The molecule has 4 heteroatoms. The molecular weight excluding hydrogens is 251 g/mol. The number of benzene rings is 1. The number of halogens is 3. The van der Waals surface area contributed by atoms with E-state index in [0.717, 1.165) is 30.7 Å². The molecule has 1 aromatic heterocycles. The standard InChI is InChI=1S/C15H14F3N/c1-2-3-11-4-6-12(7-5-11)14-9-8-13(10-19-14)15(16,17)18/h4-10H,2-3H2,1H3. The minimum absolute atomic E-state index is 0.552. The summed E-state index contributed by atoms with van der Waals surface area (Å²) in [7, 11) is 0. The van der Waals surface area contributed by atoms with Crippen LogP contribution in [-0.4, -0.2) is 4.98 Å². The van der Waals surface area contributed by atoms with E-state index in [1.807, 2.05) is 24.3 Å². The lowest BCUT2D eigenvalue weighted by Crippen LogP contribution is -2.05. The van der Waals surface area contributed by atoms with Gasteiger partial charge >= 0.3 is 6.18 Å². The molecule has 0 unspecified atom stereocenters. The molecule has 0 aliphatic heterocycles. The number of hydrogen-bond acceptors (Lipinski definition) is 1. The summed E-state index contributed by atoms with van der Waals surface area (Å²) in [6.07, 6.45) is -1.40. The molecule has 1 heterocycles. The van der Waals surface area contributed by atoms with E-state index in [0.29, 0.717) is 5.69 Å². The summed E-state index contributed by atoms with van der Waals surface area (Å²) in [5.41, 5.74) is 1.88. The lowest BCUT2D eigenvalue weighted by atomic mass is 10.1. The fourth-order valence-electron chi connectivity index (χ4n) is 1.86. The van der Waals surface area contributed by atoms with Gasteiger partial charge in [0.2, 0.25) is 0 Å². The van der Waals surface area contributed by atoms with Crippen molar-refractivity contribution < 1.29 is 13.2 Å². The van der Waals surface area contributed by atoms with E-state index in [9.17, 15) is 13.2 Å². The van der Waals surface area contributed by atoms with Crippen molar-refractivity contribution in [3.05, 3.63) is 53.7 Å². The highest BCUT2D eigenvalue weighted by molar-refractivity contribution is 5.59. The molecule has 0 spiro atoms. The largest absolute Gasteiger partial charge is 0.417 e. The normalized spacial score (nSPS) is 11.6. The van der Waals surface area contributed by atoms with E-state index < -0.39 is 11.7 Å². The van der Waals surface area contributed by atoms with Crippen LogP contribution in [0.4, 0.5) is 13.2 Å². The average Bonchev–Trinajstić information content (AvgIpc) is 2.39. The number of pyridine rings is 1. The Morgan fingerprint density at radius 1 is 1.00 bits per heavy atom. The zero-order chi connectivity index (χ0) is 13.9. The Morgan fingerprint density at radius 2 is 1.68 bits per heavy atom. The highest BCUT2D eigenvalue weighted by Gasteiger charge is 2.30. The van der Waals surface area contributed by atoms with Gasteiger partial charge in [-0.25, -0.2) is 0 Å². The van der Waals surface area contributed by atoms with Crippen LogP contribution in [0.15, 0.2) is 42.6 Å². The van der Waals surface area contributed by atoms with Crippen LogP contribution in [0, 0.1) is 0 Å². The average molecular weight is 265 g/mol. The number of alkyl halides is 3. The Hall–Kier alpha value is -1.84. The number of rotatable bonds is 3. The highest BCUT2D eigenvalue weighted by atomic mass is 19.4. The molecule has 0 atom stereocenters. The molecule has 0 N–H and O–H groups in total. The van der Waals surface area contributed by atoms with Crippen LogP contribution in [0.1, 0.15) is 24.5 Å². The van der Waals surface area contributed by atoms with Crippen LogP contribution in [0.25, 0.3) is 11.3 Å². The third-order valence-corrected chi connectivity index (χ3v) is 2.88. The van der Waals surface area contributed by atoms with Gasteiger partial charge in [-0.05, 0) is 24.1 Å². The van der Waals surface area contributed by atoms with Crippen molar-refractivity contribution in [3.63, 3.8) is 0 Å². The summed E-state index contributed by atoms with van der Waals surface area (Å²) >= 11 is 0. The van der Waals surface area contributed by atoms with Crippen LogP contribution < -0.4 is 0 Å². The van der Waals surface area contributed by atoms with E-state index in [1.165, 1.54) is 11.6 Å². The molecular formula is C15H14F3N. The van der Waals surface area contributed by atoms with Gasteiger partial charge in [-0.1, -0.05) is 37.6 Å². The summed E-state index contributed by atoms with van der Waals surface area (Å²) in [4.78, 5) is 3.87. The lowest BCUT2D eigenvalue weighted by Gasteiger charge is -2.07. The first-order chi connectivity index (χ1) is 9.00. The van der Waals surface area contributed by atoms with Gasteiger partial charge in [0.25, 0.3) is 0 Å². The molecule has 19 heavy (non-hydrogen) atoms. The third-order valence-electron chi connectivity index (χ3n) is 2.88. The Bertz CT molecular complexity index is 527. The van der Waals surface area contributed by atoms with Crippen LogP contribution in [-0.2, 0) is 12.6 Å².